The van der Waals surface area contributed by atoms with Gasteiger partial charge in [0, 0.05) is 13.1 Å². The molecule has 1 unspecified atom stereocenters. The van der Waals surface area contributed by atoms with Gasteiger partial charge in [0.25, 0.3) is 0 Å². The number of tetrazole rings is 1. The fraction of sp³-hybridized carbons (Fsp3) is 0.615. The third-order valence-electron chi connectivity index (χ3n) is 6.61. The second-order valence-electron chi connectivity index (χ2n) is 11.8. The van der Waals surface area contributed by atoms with Crippen molar-refractivity contribution in [1.82, 2.24) is 25.1 Å². The van der Waals surface area contributed by atoms with E-state index < -0.39 is 13.9 Å². The van der Waals surface area contributed by atoms with Gasteiger partial charge in [-0.05, 0) is 79.9 Å². The van der Waals surface area contributed by atoms with E-state index in [0.29, 0.717) is 31.9 Å². The van der Waals surface area contributed by atoms with Crippen molar-refractivity contribution in [3.8, 4) is 5.75 Å². The van der Waals surface area contributed by atoms with E-state index in [-0.39, 0.29) is 17.2 Å². The van der Waals surface area contributed by atoms with Gasteiger partial charge in [0.05, 0.1) is 19.8 Å². The summed E-state index contributed by atoms with van der Waals surface area (Å²) in [5, 5.41) is 13.1. The summed E-state index contributed by atoms with van der Waals surface area (Å²) in [6.45, 7) is 18.3. The van der Waals surface area contributed by atoms with Crippen molar-refractivity contribution in [3.05, 3.63) is 41.2 Å². The maximum Gasteiger partial charge on any atom is 0.410 e. The molecule has 2 aromatic rings. The largest absolute Gasteiger partial charge is 0.497 e. The molecule has 10 heteroatoms. The summed E-state index contributed by atoms with van der Waals surface area (Å²) in [7, 11) is -0.396. The van der Waals surface area contributed by atoms with E-state index in [4.69, 9.17) is 13.9 Å². The highest BCUT2D eigenvalue weighted by molar-refractivity contribution is 6.74. The third kappa shape index (κ3) is 7.39. The van der Waals surface area contributed by atoms with Gasteiger partial charge >= 0.3 is 6.09 Å². The number of rotatable bonds is 6. The van der Waals surface area contributed by atoms with Gasteiger partial charge in [-0.15, -0.1) is 10.2 Å². The summed E-state index contributed by atoms with van der Waals surface area (Å²) in [6.07, 6.45) is 2.16. The summed E-state index contributed by atoms with van der Waals surface area (Å²) in [6, 6.07) is 7.77. The zero-order chi connectivity index (χ0) is 26.7. The van der Waals surface area contributed by atoms with E-state index in [2.05, 4.69) is 49.3 Å². The van der Waals surface area contributed by atoms with Gasteiger partial charge < -0.3 is 18.8 Å². The van der Waals surface area contributed by atoms with Crippen LogP contribution >= 0.6 is 0 Å². The molecule has 198 valence electrons. The number of aromatic nitrogens is 4. The number of carbonyl (C=O) groups is 1. The molecule has 0 radical (unpaired) electrons. The van der Waals surface area contributed by atoms with E-state index >= 15 is 0 Å². The molecule has 36 heavy (non-hydrogen) atoms. The predicted octanol–water partition coefficient (Wildman–Crippen LogP) is 5.14. The number of methoxy groups -OCH3 is 1. The molecule has 0 spiro atoms. The molecular weight excluding hydrogens is 474 g/mol. The molecule has 9 nitrogen and oxygen atoms in total. The second kappa shape index (κ2) is 10.7. The Bertz CT molecular complexity index is 1070. The molecule has 1 atom stereocenters. The van der Waals surface area contributed by atoms with Gasteiger partial charge in [-0.1, -0.05) is 32.9 Å². The Hall–Kier alpha value is -2.72. The zero-order valence-electron chi connectivity index (χ0n) is 23.2. The van der Waals surface area contributed by atoms with Crippen LogP contribution < -0.4 is 4.74 Å². The number of likely N-dealkylation sites (tertiary alicyclic amines) is 1. The highest BCUT2D eigenvalue weighted by atomic mass is 28.4. The van der Waals surface area contributed by atoms with Crippen LogP contribution in [-0.2, 0) is 15.7 Å². The average molecular weight is 516 g/mol. The van der Waals surface area contributed by atoms with Gasteiger partial charge in [-0.25, -0.2) is 4.79 Å². The number of amides is 1. The number of nitrogens with zero attached hydrogens (tertiary/aromatic N) is 5. The number of benzene rings is 1. The lowest BCUT2D eigenvalue weighted by Crippen LogP contribution is -2.50. The lowest BCUT2D eigenvalue weighted by molar-refractivity contribution is 0.0197. The summed E-state index contributed by atoms with van der Waals surface area (Å²) in [5.74, 6) is 1.30. The molecule has 1 amide bonds. The van der Waals surface area contributed by atoms with Gasteiger partial charge in [0.1, 0.15) is 11.4 Å². The van der Waals surface area contributed by atoms with Crippen molar-refractivity contribution in [2.75, 3.05) is 20.2 Å². The molecule has 3 rings (SSSR count). The van der Waals surface area contributed by atoms with Crippen LogP contribution in [0.15, 0.2) is 29.8 Å². The van der Waals surface area contributed by atoms with Crippen molar-refractivity contribution < 1.29 is 18.7 Å². The maximum atomic E-state index is 12.8. The van der Waals surface area contributed by atoms with E-state index in [0.717, 1.165) is 16.9 Å². The minimum Gasteiger partial charge on any atom is -0.497 e. The summed E-state index contributed by atoms with van der Waals surface area (Å²) in [5.41, 5.74) is 1.45. The molecule has 2 heterocycles. The minimum absolute atomic E-state index is 0.0696. The Morgan fingerprint density at radius 3 is 2.39 bits per heavy atom. The highest BCUT2D eigenvalue weighted by Gasteiger charge is 2.41. The Labute approximate surface area is 215 Å². The summed E-state index contributed by atoms with van der Waals surface area (Å²) < 4.78 is 17.6. The molecule has 1 aliphatic heterocycles. The monoisotopic (exact) mass is 515 g/mol. The Morgan fingerprint density at radius 2 is 1.81 bits per heavy atom. The number of carbonyl (C=O) groups excluding carboxylic acids is 1. The molecule has 1 saturated heterocycles. The fourth-order valence-electron chi connectivity index (χ4n) is 3.59. The first-order valence-electron chi connectivity index (χ1n) is 12.4. The first-order valence-corrected chi connectivity index (χ1v) is 15.3. The van der Waals surface area contributed by atoms with Crippen LogP contribution in [0.2, 0.25) is 18.1 Å². The number of piperidine rings is 1. The lowest BCUT2D eigenvalue weighted by atomic mass is 10.0. The van der Waals surface area contributed by atoms with Crippen LogP contribution in [0.25, 0.3) is 6.08 Å². The standard InChI is InChI=1S/C26H41N5O4Si/c1-25(2,3)34-24(32)30-15-14-22(35-36(8,9)26(4,5)6)20(18-30)16-23-27-29-31(28-23)17-19-10-12-21(33-7)13-11-19/h10-13,16,22H,14-15,17-18H2,1-9H3. The Morgan fingerprint density at radius 1 is 1.14 bits per heavy atom. The highest BCUT2D eigenvalue weighted by Crippen LogP contribution is 2.39. The molecule has 1 aliphatic rings. The summed E-state index contributed by atoms with van der Waals surface area (Å²) >= 11 is 0. The zero-order valence-corrected chi connectivity index (χ0v) is 24.2. The van der Waals surface area contributed by atoms with Crippen molar-refractivity contribution in [2.45, 2.75) is 84.3 Å². The third-order valence-corrected chi connectivity index (χ3v) is 11.1. The maximum absolute atomic E-state index is 12.8. The van der Waals surface area contributed by atoms with Crippen LogP contribution in [0.3, 0.4) is 0 Å². The SMILES string of the molecule is COc1ccc(Cn2nnc(C=C3CN(C(=O)OC(C)(C)C)CCC3O[Si](C)(C)C(C)(C)C)n2)cc1. The van der Waals surface area contributed by atoms with E-state index in [1.807, 2.05) is 51.1 Å². The van der Waals surface area contributed by atoms with Gasteiger partial charge in [-0.2, -0.15) is 4.80 Å². The smallest absolute Gasteiger partial charge is 0.410 e. The average Bonchev–Trinajstić information content (AvgIpc) is 3.20. The quantitative estimate of drug-likeness (QED) is 0.492. The van der Waals surface area contributed by atoms with Crippen LogP contribution in [0.1, 0.15) is 59.4 Å². The first kappa shape index (κ1) is 27.9. The van der Waals surface area contributed by atoms with E-state index in [1.165, 1.54) is 0 Å². The van der Waals surface area contributed by atoms with Crippen molar-refractivity contribution >= 4 is 20.5 Å². The van der Waals surface area contributed by atoms with Crippen LogP contribution in [0.4, 0.5) is 4.79 Å². The number of ether oxygens (including phenoxy) is 2. The number of hydrogen-bond acceptors (Lipinski definition) is 7. The molecule has 0 aliphatic carbocycles. The predicted molar refractivity (Wildman–Crippen MR) is 142 cm³/mol. The fourth-order valence-corrected chi connectivity index (χ4v) is 4.92. The first-order chi connectivity index (χ1) is 16.7. The molecule has 1 aromatic heterocycles. The van der Waals surface area contributed by atoms with Crippen LogP contribution in [0.5, 0.6) is 5.75 Å². The molecule has 0 saturated carbocycles. The molecule has 0 N–H and O–H groups in total. The minimum atomic E-state index is -2.04. The molecular formula is C26H41N5O4Si. The van der Waals surface area contributed by atoms with E-state index in [9.17, 15) is 4.79 Å². The van der Waals surface area contributed by atoms with Crippen molar-refractivity contribution in [2.24, 2.45) is 0 Å². The van der Waals surface area contributed by atoms with Gasteiger partial charge in [-0.3, -0.25) is 0 Å². The van der Waals surface area contributed by atoms with Crippen LogP contribution in [0, 0.1) is 0 Å². The van der Waals surface area contributed by atoms with Crippen LogP contribution in [-0.4, -0.2) is 71.4 Å². The topological polar surface area (TPSA) is 91.6 Å². The van der Waals surface area contributed by atoms with Crippen molar-refractivity contribution in [3.63, 3.8) is 0 Å². The molecule has 0 bridgehead atoms. The molecule has 1 fully saturated rings. The summed E-state index contributed by atoms with van der Waals surface area (Å²) in [4.78, 5) is 16.1. The Balaban J connectivity index is 1.83. The normalized spacial score (nSPS) is 18.4. The van der Waals surface area contributed by atoms with E-state index in [1.54, 1.807) is 16.8 Å². The molecule has 1 aromatic carbocycles. The number of hydrogen-bond donors (Lipinski definition) is 0. The van der Waals surface area contributed by atoms with Gasteiger partial charge in [0.15, 0.2) is 14.1 Å². The lowest BCUT2D eigenvalue weighted by Gasteiger charge is -2.43. The second-order valence-corrected chi connectivity index (χ2v) is 16.6. The van der Waals surface area contributed by atoms with Gasteiger partial charge in [0.2, 0.25) is 0 Å². The van der Waals surface area contributed by atoms with Crippen molar-refractivity contribution in [1.29, 1.82) is 0 Å². The Kier molecular flexibility index (Phi) is 8.29.